The van der Waals surface area contributed by atoms with E-state index in [0.717, 1.165) is 13.0 Å². The summed E-state index contributed by atoms with van der Waals surface area (Å²) in [7, 11) is 0. The second-order valence-electron chi connectivity index (χ2n) is 3.52. The van der Waals surface area contributed by atoms with Crippen LogP contribution >= 0.6 is 25.0 Å². The highest BCUT2D eigenvalue weighted by molar-refractivity contribution is 7.80. The third-order valence-corrected chi connectivity index (χ3v) is 2.96. The van der Waals surface area contributed by atoms with Crippen LogP contribution in [0, 0.1) is 0 Å². The molecular formula is C12H15ClN2S. The maximum Gasteiger partial charge on any atom is 0.0945 e. The lowest BCUT2D eigenvalue weighted by Crippen LogP contribution is -1.99. The molecule has 1 heterocycles. The molecule has 0 spiro atoms. The van der Waals surface area contributed by atoms with Gasteiger partial charge in [-0.3, -0.25) is 0 Å². The van der Waals surface area contributed by atoms with Crippen LogP contribution in [0.4, 0.5) is 0 Å². The van der Waals surface area contributed by atoms with Crippen LogP contribution in [0.25, 0.3) is 0 Å². The van der Waals surface area contributed by atoms with Crippen LogP contribution < -0.4 is 0 Å². The van der Waals surface area contributed by atoms with Crippen molar-refractivity contribution in [1.82, 2.24) is 9.55 Å². The van der Waals surface area contributed by atoms with Crippen LogP contribution in [-0.2, 0) is 6.54 Å². The van der Waals surface area contributed by atoms with Crippen LogP contribution in [0.15, 0.2) is 49.1 Å². The zero-order valence-corrected chi connectivity index (χ0v) is 10.6. The maximum absolute atomic E-state index is 4.60. The van der Waals surface area contributed by atoms with Crippen molar-refractivity contribution in [2.24, 2.45) is 0 Å². The van der Waals surface area contributed by atoms with Gasteiger partial charge in [0.05, 0.1) is 6.33 Å². The number of thiol groups is 1. The Bertz CT molecular complexity index is 389. The highest BCUT2D eigenvalue weighted by Crippen LogP contribution is 2.23. The van der Waals surface area contributed by atoms with Crippen molar-refractivity contribution in [1.29, 1.82) is 0 Å². The minimum Gasteiger partial charge on any atom is -0.337 e. The number of rotatable bonds is 4. The third-order valence-electron chi connectivity index (χ3n) is 2.40. The highest BCUT2D eigenvalue weighted by Gasteiger charge is 2.05. The molecule has 0 amide bonds. The quantitative estimate of drug-likeness (QED) is 0.829. The molecule has 0 aliphatic carbocycles. The number of hydrogen-bond acceptors (Lipinski definition) is 2. The maximum atomic E-state index is 4.60. The summed E-state index contributed by atoms with van der Waals surface area (Å²) >= 11 is 4.60. The van der Waals surface area contributed by atoms with Gasteiger partial charge in [0.15, 0.2) is 0 Å². The topological polar surface area (TPSA) is 17.8 Å². The molecule has 0 aliphatic rings. The summed E-state index contributed by atoms with van der Waals surface area (Å²) < 4.78 is 2.08. The Morgan fingerprint density at radius 3 is 2.62 bits per heavy atom. The van der Waals surface area contributed by atoms with Crippen LogP contribution in [0.2, 0.25) is 0 Å². The molecule has 86 valence electrons. The van der Waals surface area contributed by atoms with Crippen LogP contribution in [0.3, 0.4) is 0 Å². The van der Waals surface area contributed by atoms with Gasteiger partial charge in [0, 0.05) is 24.2 Å². The van der Waals surface area contributed by atoms with Crippen LogP contribution in [0.5, 0.6) is 0 Å². The first-order chi connectivity index (χ1) is 7.36. The molecule has 1 unspecified atom stereocenters. The lowest BCUT2D eigenvalue weighted by atomic mass is 10.1. The van der Waals surface area contributed by atoms with Gasteiger partial charge >= 0.3 is 0 Å². The molecule has 4 heteroatoms. The van der Waals surface area contributed by atoms with E-state index in [4.69, 9.17) is 0 Å². The van der Waals surface area contributed by atoms with Crippen molar-refractivity contribution in [2.75, 3.05) is 0 Å². The lowest BCUT2D eigenvalue weighted by molar-refractivity contribution is 0.636. The molecule has 0 N–H and O–H groups in total. The van der Waals surface area contributed by atoms with Gasteiger partial charge in [0.25, 0.3) is 0 Å². The van der Waals surface area contributed by atoms with Gasteiger partial charge in [-0.2, -0.15) is 12.6 Å². The summed E-state index contributed by atoms with van der Waals surface area (Å²) in [6.45, 7) is 0.961. The SMILES string of the molecule is Cl.SC(CCn1ccnc1)c1ccccc1. The molecule has 0 fully saturated rings. The summed E-state index contributed by atoms with van der Waals surface area (Å²) in [4.78, 5) is 4.01. The first-order valence-corrected chi connectivity index (χ1v) is 5.56. The van der Waals surface area contributed by atoms with Gasteiger partial charge in [-0.25, -0.2) is 4.98 Å². The smallest absolute Gasteiger partial charge is 0.0945 e. The largest absolute Gasteiger partial charge is 0.337 e. The number of aromatic nitrogens is 2. The van der Waals surface area contributed by atoms with E-state index in [1.54, 1.807) is 6.20 Å². The molecule has 0 bridgehead atoms. The highest BCUT2D eigenvalue weighted by atomic mass is 35.5. The van der Waals surface area contributed by atoms with E-state index in [1.165, 1.54) is 5.56 Å². The summed E-state index contributed by atoms with van der Waals surface area (Å²) in [5.74, 6) is 0. The predicted molar refractivity (Wildman–Crippen MR) is 72.3 cm³/mol. The second kappa shape index (κ2) is 6.61. The lowest BCUT2D eigenvalue weighted by Gasteiger charge is -2.10. The molecule has 2 nitrogen and oxygen atoms in total. The fourth-order valence-electron chi connectivity index (χ4n) is 1.53. The zero-order chi connectivity index (χ0) is 10.5. The van der Waals surface area contributed by atoms with Crippen molar-refractivity contribution < 1.29 is 0 Å². The molecule has 1 aromatic carbocycles. The third kappa shape index (κ3) is 3.58. The molecule has 0 aliphatic heterocycles. The van der Waals surface area contributed by atoms with E-state index in [2.05, 4.69) is 46.4 Å². The Morgan fingerprint density at radius 1 is 1.25 bits per heavy atom. The number of nitrogens with zero attached hydrogens (tertiary/aromatic N) is 2. The Hall–Kier alpha value is -0.930. The van der Waals surface area contributed by atoms with Crippen molar-refractivity contribution >= 4 is 25.0 Å². The van der Waals surface area contributed by atoms with Gasteiger partial charge < -0.3 is 4.57 Å². The van der Waals surface area contributed by atoms with Crippen LogP contribution in [0.1, 0.15) is 17.2 Å². The fraction of sp³-hybridized carbons (Fsp3) is 0.250. The molecular weight excluding hydrogens is 240 g/mol. The summed E-state index contributed by atoms with van der Waals surface area (Å²) in [5.41, 5.74) is 1.28. The van der Waals surface area contributed by atoms with Gasteiger partial charge in [0.2, 0.25) is 0 Å². The summed E-state index contributed by atoms with van der Waals surface area (Å²) in [5, 5.41) is 0.300. The van der Waals surface area contributed by atoms with Crippen LogP contribution in [-0.4, -0.2) is 9.55 Å². The number of imidazole rings is 1. The van der Waals surface area contributed by atoms with Gasteiger partial charge in [-0.15, -0.1) is 12.4 Å². The Morgan fingerprint density at radius 2 is 2.00 bits per heavy atom. The first-order valence-electron chi connectivity index (χ1n) is 5.05. The van der Waals surface area contributed by atoms with Gasteiger partial charge in [0.1, 0.15) is 0 Å². The van der Waals surface area contributed by atoms with E-state index in [-0.39, 0.29) is 12.4 Å². The number of aryl methyl sites for hydroxylation is 1. The standard InChI is InChI=1S/C12H14N2S.ClH/c15-12(11-4-2-1-3-5-11)6-8-14-9-7-13-10-14;/h1-5,7,9-10,12,15H,6,8H2;1H. The van der Waals surface area contributed by atoms with E-state index >= 15 is 0 Å². The number of halogens is 1. The van der Waals surface area contributed by atoms with E-state index in [1.807, 2.05) is 18.6 Å². The van der Waals surface area contributed by atoms with Crippen molar-refractivity contribution in [3.8, 4) is 0 Å². The van der Waals surface area contributed by atoms with Gasteiger partial charge in [-0.1, -0.05) is 30.3 Å². The minimum atomic E-state index is 0. The fourth-order valence-corrected chi connectivity index (χ4v) is 1.82. The number of hydrogen-bond donors (Lipinski definition) is 1. The monoisotopic (exact) mass is 254 g/mol. The molecule has 16 heavy (non-hydrogen) atoms. The summed E-state index contributed by atoms with van der Waals surface area (Å²) in [6.07, 6.45) is 6.64. The van der Waals surface area contributed by atoms with E-state index in [9.17, 15) is 0 Å². The molecule has 1 aromatic heterocycles. The first kappa shape index (κ1) is 13.1. The molecule has 0 radical (unpaired) electrons. The van der Waals surface area contributed by atoms with Crippen molar-refractivity contribution in [2.45, 2.75) is 18.2 Å². The second-order valence-corrected chi connectivity index (χ2v) is 4.14. The van der Waals surface area contributed by atoms with Crippen molar-refractivity contribution in [3.63, 3.8) is 0 Å². The minimum absolute atomic E-state index is 0. The Kier molecular flexibility index (Phi) is 5.43. The average molecular weight is 255 g/mol. The average Bonchev–Trinajstić information content (AvgIpc) is 2.80. The zero-order valence-electron chi connectivity index (χ0n) is 8.86. The Balaban J connectivity index is 0.00000128. The molecule has 1 atom stereocenters. The molecule has 2 aromatic rings. The molecule has 0 saturated heterocycles. The molecule has 0 saturated carbocycles. The number of benzene rings is 1. The predicted octanol–water partition coefficient (Wildman–Crippen LogP) is 3.37. The Labute approximate surface area is 108 Å². The normalized spacial score (nSPS) is 11.8. The van der Waals surface area contributed by atoms with E-state index in [0.29, 0.717) is 5.25 Å². The van der Waals surface area contributed by atoms with Crippen molar-refractivity contribution in [3.05, 3.63) is 54.6 Å². The summed E-state index contributed by atoms with van der Waals surface area (Å²) in [6, 6.07) is 10.4. The van der Waals surface area contributed by atoms with Gasteiger partial charge in [-0.05, 0) is 12.0 Å². The van der Waals surface area contributed by atoms with E-state index < -0.39 is 0 Å². The molecule has 2 rings (SSSR count).